The number of nitrogens with zero attached hydrogens (tertiary/aromatic N) is 2. The summed E-state index contributed by atoms with van der Waals surface area (Å²) in [7, 11) is 0. The van der Waals surface area contributed by atoms with Crippen molar-refractivity contribution in [2.75, 3.05) is 5.75 Å². The second-order valence-electron chi connectivity index (χ2n) is 5.96. The molecule has 3 aromatic rings. The predicted octanol–water partition coefficient (Wildman–Crippen LogP) is 4.18. The molecule has 0 aliphatic carbocycles. The minimum absolute atomic E-state index is 0.00456. The van der Waals surface area contributed by atoms with Gasteiger partial charge in [-0.05, 0) is 38.0 Å². The summed E-state index contributed by atoms with van der Waals surface area (Å²) < 4.78 is 1.73. The fourth-order valence-electron chi connectivity index (χ4n) is 2.64. The Morgan fingerprint density at radius 3 is 2.88 bits per heavy atom. The second-order valence-corrected chi connectivity index (χ2v) is 8.11. The molecule has 0 fully saturated rings. The van der Waals surface area contributed by atoms with Crippen molar-refractivity contribution in [3.63, 3.8) is 0 Å². The van der Waals surface area contributed by atoms with Crippen LogP contribution in [0.5, 0.6) is 0 Å². The molecule has 0 aliphatic heterocycles. The fourth-order valence-corrected chi connectivity index (χ4v) is 4.62. The van der Waals surface area contributed by atoms with Crippen molar-refractivity contribution in [2.45, 2.75) is 45.3 Å². The molecular formula is C18H21N3O2S2. The fraction of sp³-hybridized carbons (Fsp3) is 0.389. The molecule has 3 heterocycles. The summed E-state index contributed by atoms with van der Waals surface area (Å²) in [6.07, 6.45) is 3.64. The Kier molecular flexibility index (Phi) is 5.44. The molecule has 132 valence electrons. The van der Waals surface area contributed by atoms with E-state index in [4.69, 9.17) is 4.98 Å². The number of aromatic nitrogens is 3. The molecule has 1 N–H and O–H groups in total. The number of carbonyl (C=O) groups is 1. The molecule has 0 unspecified atom stereocenters. The third kappa shape index (κ3) is 3.57. The first-order valence-corrected chi connectivity index (χ1v) is 10.1. The zero-order valence-electron chi connectivity index (χ0n) is 14.6. The van der Waals surface area contributed by atoms with Gasteiger partial charge < -0.3 is 4.98 Å². The number of thiophene rings is 1. The first-order valence-electron chi connectivity index (χ1n) is 8.32. The highest BCUT2D eigenvalue weighted by Crippen LogP contribution is 2.28. The molecule has 0 saturated heterocycles. The van der Waals surface area contributed by atoms with Gasteiger partial charge in [-0.15, -0.1) is 11.3 Å². The Morgan fingerprint density at radius 1 is 1.40 bits per heavy atom. The van der Waals surface area contributed by atoms with Crippen LogP contribution >= 0.6 is 23.1 Å². The number of ketones is 1. The van der Waals surface area contributed by atoms with Crippen LogP contribution in [0, 0.1) is 13.8 Å². The van der Waals surface area contributed by atoms with Gasteiger partial charge in [-0.25, -0.2) is 4.98 Å². The number of fused-ring (bicyclic) bond motifs is 1. The first-order chi connectivity index (χ1) is 12.0. The number of aromatic amines is 1. The summed E-state index contributed by atoms with van der Waals surface area (Å²) in [6.45, 7) is 6.71. The van der Waals surface area contributed by atoms with E-state index in [2.05, 4.69) is 11.9 Å². The Labute approximate surface area is 154 Å². The third-order valence-electron chi connectivity index (χ3n) is 4.22. The smallest absolute Gasteiger partial charge is 0.263 e. The molecular weight excluding hydrogens is 354 g/mol. The molecule has 5 nitrogen and oxygen atoms in total. The average molecular weight is 376 g/mol. The van der Waals surface area contributed by atoms with E-state index in [0.717, 1.165) is 33.5 Å². The number of Topliss-reactive ketones (excluding diaryl/α,β-unsaturated/α-hetero) is 1. The molecule has 0 aliphatic rings. The topological polar surface area (TPSA) is 67.8 Å². The summed E-state index contributed by atoms with van der Waals surface area (Å²) in [5.41, 5.74) is 1.61. The maximum atomic E-state index is 13.0. The van der Waals surface area contributed by atoms with Gasteiger partial charge in [0.05, 0.1) is 16.8 Å². The van der Waals surface area contributed by atoms with Gasteiger partial charge in [0.1, 0.15) is 4.83 Å². The first kappa shape index (κ1) is 17.9. The lowest BCUT2D eigenvalue weighted by molar-refractivity contribution is 0.101. The lowest BCUT2D eigenvalue weighted by Gasteiger charge is -2.11. The van der Waals surface area contributed by atoms with E-state index >= 15 is 0 Å². The summed E-state index contributed by atoms with van der Waals surface area (Å²) in [5.74, 6) is 0.262. The highest BCUT2D eigenvalue weighted by molar-refractivity contribution is 7.99. The maximum Gasteiger partial charge on any atom is 0.263 e. The van der Waals surface area contributed by atoms with Crippen LogP contribution in [0.15, 0.2) is 28.3 Å². The Hall–Kier alpha value is -1.86. The average Bonchev–Trinajstić information content (AvgIpc) is 3.21. The van der Waals surface area contributed by atoms with E-state index in [1.165, 1.54) is 11.8 Å². The van der Waals surface area contributed by atoms with Gasteiger partial charge in [-0.3, -0.25) is 14.2 Å². The van der Waals surface area contributed by atoms with Crippen molar-refractivity contribution < 1.29 is 4.79 Å². The normalized spacial score (nSPS) is 11.3. The summed E-state index contributed by atoms with van der Waals surface area (Å²) >= 11 is 2.88. The van der Waals surface area contributed by atoms with E-state index in [9.17, 15) is 9.59 Å². The van der Waals surface area contributed by atoms with Crippen LogP contribution in [0.2, 0.25) is 0 Å². The van der Waals surface area contributed by atoms with E-state index in [1.807, 2.05) is 13.8 Å². The largest absolute Gasteiger partial charge is 0.359 e. The van der Waals surface area contributed by atoms with Gasteiger partial charge in [0.25, 0.3) is 5.56 Å². The lowest BCUT2D eigenvalue weighted by Crippen LogP contribution is -2.23. The number of nitrogens with one attached hydrogen (secondary N) is 1. The standard InChI is InChI=1S/C18H21N3O2S2/c1-4-5-9-21-17(23)15-11(2)12(3)25-16(15)20-18(21)24-10-14(22)13-7-6-8-19-13/h6-8,19H,4-5,9-10H2,1-3H3. The predicted molar refractivity (Wildman–Crippen MR) is 104 cm³/mol. The highest BCUT2D eigenvalue weighted by Gasteiger charge is 2.18. The second kappa shape index (κ2) is 7.58. The van der Waals surface area contributed by atoms with E-state index < -0.39 is 0 Å². The van der Waals surface area contributed by atoms with Crippen LogP contribution < -0.4 is 5.56 Å². The molecule has 0 bridgehead atoms. The Balaban J connectivity index is 1.97. The number of aryl methyl sites for hydroxylation is 2. The van der Waals surface area contributed by atoms with Gasteiger partial charge in [-0.1, -0.05) is 25.1 Å². The van der Waals surface area contributed by atoms with Gasteiger partial charge in [0.2, 0.25) is 0 Å². The number of rotatable bonds is 7. The number of thioether (sulfide) groups is 1. The van der Waals surface area contributed by atoms with Crippen molar-refractivity contribution >= 4 is 39.1 Å². The minimum atomic E-state index is 0.00456. The number of hydrogen-bond acceptors (Lipinski definition) is 5. The van der Waals surface area contributed by atoms with Crippen molar-refractivity contribution in [1.82, 2.24) is 14.5 Å². The van der Waals surface area contributed by atoms with Gasteiger partial charge in [0.15, 0.2) is 10.9 Å². The monoisotopic (exact) mass is 375 g/mol. The number of H-pyrrole nitrogens is 1. The minimum Gasteiger partial charge on any atom is -0.359 e. The van der Waals surface area contributed by atoms with Gasteiger partial charge >= 0.3 is 0 Å². The quantitative estimate of drug-likeness (QED) is 0.382. The zero-order valence-corrected chi connectivity index (χ0v) is 16.2. The molecule has 3 rings (SSSR count). The van der Waals surface area contributed by atoms with Crippen molar-refractivity contribution in [2.24, 2.45) is 0 Å². The van der Waals surface area contributed by atoms with Crippen molar-refractivity contribution in [3.8, 4) is 0 Å². The van der Waals surface area contributed by atoms with E-state index in [1.54, 1.807) is 34.2 Å². The number of unbranched alkanes of at least 4 members (excludes halogenated alkanes) is 1. The van der Waals surface area contributed by atoms with Crippen LogP contribution in [0.1, 0.15) is 40.7 Å². The molecule has 7 heteroatoms. The SMILES string of the molecule is CCCCn1c(SCC(=O)c2ccc[nH]2)nc2sc(C)c(C)c2c1=O. The van der Waals surface area contributed by atoms with Crippen LogP contribution in [0.25, 0.3) is 10.2 Å². The highest BCUT2D eigenvalue weighted by atomic mass is 32.2. The van der Waals surface area contributed by atoms with Crippen LogP contribution in [0.3, 0.4) is 0 Å². The Bertz CT molecular complexity index is 955. The number of hydrogen-bond donors (Lipinski definition) is 1. The van der Waals surface area contributed by atoms with Crippen LogP contribution in [0.4, 0.5) is 0 Å². The van der Waals surface area contributed by atoms with Crippen molar-refractivity contribution in [3.05, 3.63) is 44.8 Å². The molecule has 0 amide bonds. The molecule has 0 spiro atoms. The van der Waals surface area contributed by atoms with Crippen LogP contribution in [-0.2, 0) is 6.54 Å². The molecule has 3 aromatic heterocycles. The van der Waals surface area contributed by atoms with Gasteiger partial charge in [0, 0.05) is 17.6 Å². The molecule has 0 atom stereocenters. The Morgan fingerprint density at radius 2 is 2.20 bits per heavy atom. The van der Waals surface area contributed by atoms with E-state index in [-0.39, 0.29) is 17.1 Å². The third-order valence-corrected chi connectivity index (χ3v) is 6.30. The lowest BCUT2D eigenvalue weighted by atomic mass is 10.2. The van der Waals surface area contributed by atoms with Gasteiger partial charge in [-0.2, -0.15) is 0 Å². The molecule has 0 radical (unpaired) electrons. The summed E-state index contributed by atoms with van der Waals surface area (Å²) in [4.78, 5) is 34.7. The van der Waals surface area contributed by atoms with E-state index in [0.29, 0.717) is 17.4 Å². The van der Waals surface area contributed by atoms with Crippen molar-refractivity contribution in [1.29, 1.82) is 0 Å². The molecule has 0 saturated carbocycles. The summed E-state index contributed by atoms with van der Waals surface area (Å²) in [6, 6.07) is 3.56. The molecule has 0 aromatic carbocycles. The number of carbonyl (C=O) groups excluding carboxylic acids is 1. The van der Waals surface area contributed by atoms with Crippen LogP contribution in [-0.4, -0.2) is 26.1 Å². The maximum absolute atomic E-state index is 13.0. The zero-order chi connectivity index (χ0) is 18.0. The summed E-state index contributed by atoms with van der Waals surface area (Å²) in [5, 5.41) is 1.35. The molecule has 25 heavy (non-hydrogen) atoms.